The summed E-state index contributed by atoms with van der Waals surface area (Å²) in [6.45, 7) is 1.66. The second-order valence-electron chi connectivity index (χ2n) is 8.74. The molecule has 0 fully saturated rings. The van der Waals surface area contributed by atoms with Gasteiger partial charge in [0.05, 0.1) is 16.6 Å². The number of para-hydroxylation sites is 2. The first-order valence-electron chi connectivity index (χ1n) is 12.0. The van der Waals surface area contributed by atoms with E-state index in [0.717, 1.165) is 10.1 Å². The molecule has 0 unspecified atom stereocenters. The highest BCUT2D eigenvalue weighted by Crippen LogP contribution is 2.14. The van der Waals surface area contributed by atoms with Crippen LogP contribution < -0.4 is 21.9 Å². The molecular formula is C28H27FN4O4. The van der Waals surface area contributed by atoms with Gasteiger partial charge in [-0.3, -0.25) is 23.5 Å². The summed E-state index contributed by atoms with van der Waals surface area (Å²) in [5.41, 5.74) is 1.01. The Balaban J connectivity index is 1.47. The van der Waals surface area contributed by atoms with E-state index in [4.69, 9.17) is 0 Å². The first-order chi connectivity index (χ1) is 17.8. The molecule has 0 aliphatic rings. The summed E-state index contributed by atoms with van der Waals surface area (Å²) in [6.07, 6.45) is 1.11. The standard InChI is InChI=1S/C28H27FN4O4/c1-19-13-15-20(16-14-19)30-25(34)12-6-7-17-32-27(36)21-8-2-5-11-24(21)33(28(32)37)18-26(35)31-23-10-4-3-9-22(23)29/h2-5,8-11,13-16H,6-7,12,17-18H2,1H3,(H,30,34)(H,31,35). The zero-order chi connectivity index (χ0) is 26.4. The number of rotatable bonds is 9. The summed E-state index contributed by atoms with van der Waals surface area (Å²) in [4.78, 5) is 51.2. The van der Waals surface area contributed by atoms with Gasteiger partial charge in [0.25, 0.3) is 5.56 Å². The number of hydrogen-bond acceptors (Lipinski definition) is 4. The van der Waals surface area contributed by atoms with Crippen LogP contribution >= 0.6 is 0 Å². The predicted octanol–water partition coefficient (Wildman–Crippen LogP) is 4.06. The van der Waals surface area contributed by atoms with Crippen molar-refractivity contribution in [2.75, 3.05) is 10.6 Å². The first kappa shape index (κ1) is 25.6. The van der Waals surface area contributed by atoms with Crippen molar-refractivity contribution < 1.29 is 14.0 Å². The third-order valence-electron chi connectivity index (χ3n) is 5.95. The number of nitrogens with zero attached hydrogens (tertiary/aromatic N) is 2. The van der Waals surface area contributed by atoms with Crippen molar-refractivity contribution in [3.8, 4) is 0 Å². The molecule has 0 radical (unpaired) electrons. The number of anilines is 2. The van der Waals surface area contributed by atoms with Crippen LogP contribution in [0.15, 0.2) is 82.4 Å². The van der Waals surface area contributed by atoms with E-state index in [9.17, 15) is 23.6 Å². The molecule has 0 aliphatic heterocycles. The van der Waals surface area contributed by atoms with E-state index in [1.165, 1.54) is 22.8 Å². The number of benzene rings is 3. The minimum atomic E-state index is -0.642. The Hall–Kier alpha value is -4.53. The van der Waals surface area contributed by atoms with Crippen LogP contribution in [0.4, 0.5) is 15.8 Å². The molecule has 190 valence electrons. The fourth-order valence-corrected chi connectivity index (χ4v) is 4.03. The van der Waals surface area contributed by atoms with Crippen LogP contribution in [0.25, 0.3) is 10.9 Å². The minimum Gasteiger partial charge on any atom is -0.326 e. The molecule has 0 aliphatic carbocycles. The number of carbonyl (C=O) groups is 2. The Morgan fingerprint density at radius 3 is 2.27 bits per heavy atom. The molecule has 2 N–H and O–H groups in total. The summed E-state index contributed by atoms with van der Waals surface area (Å²) in [5.74, 6) is -1.35. The maximum absolute atomic E-state index is 13.9. The maximum Gasteiger partial charge on any atom is 0.331 e. The lowest BCUT2D eigenvalue weighted by molar-refractivity contribution is -0.117. The fourth-order valence-electron chi connectivity index (χ4n) is 4.03. The Morgan fingerprint density at radius 2 is 1.51 bits per heavy atom. The van der Waals surface area contributed by atoms with Gasteiger partial charge < -0.3 is 10.6 Å². The number of carbonyl (C=O) groups excluding carboxylic acids is 2. The zero-order valence-corrected chi connectivity index (χ0v) is 20.4. The molecule has 8 nitrogen and oxygen atoms in total. The van der Waals surface area contributed by atoms with Crippen LogP contribution in [0, 0.1) is 12.7 Å². The molecule has 37 heavy (non-hydrogen) atoms. The Kier molecular flexibility index (Phi) is 7.92. The normalized spacial score (nSPS) is 10.9. The van der Waals surface area contributed by atoms with Crippen LogP contribution in [0.1, 0.15) is 24.8 Å². The number of halogens is 1. The second kappa shape index (κ2) is 11.5. The van der Waals surface area contributed by atoms with Crippen molar-refractivity contribution in [3.63, 3.8) is 0 Å². The van der Waals surface area contributed by atoms with Gasteiger partial charge in [0.2, 0.25) is 11.8 Å². The number of aryl methyl sites for hydroxylation is 1. The monoisotopic (exact) mass is 502 g/mol. The molecule has 0 saturated carbocycles. The number of unbranched alkanes of at least 4 members (excludes halogenated alkanes) is 1. The first-order valence-corrected chi connectivity index (χ1v) is 12.0. The lowest BCUT2D eigenvalue weighted by atomic mass is 10.2. The zero-order valence-electron chi connectivity index (χ0n) is 20.4. The lowest BCUT2D eigenvalue weighted by Crippen LogP contribution is -2.41. The van der Waals surface area contributed by atoms with Gasteiger partial charge >= 0.3 is 5.69 Å². The molecule has 0 bridgehead atoms. The summed E-state index contributed by atoms with van der Waals surface area (Å²) in [6, 6.07) is 19.7. The molecule has 2 amide bonds. The van der Waals surface area contributed by atoms with Crippen LogP contribution in [0.2, 0.25) is 0 Å². The van der Waals surface area contributed by atoms with Crippen molar-refractivity contribution >= 4 is 34.1 Å². The van der Waals surface area contributed by atoms with Gasteiger partial charge in [-0.1, -0.05) is 42.0 Å². The van der Waals surface area contributed by atoms with E-state index in [1.807, 2.05) is 31.2 Å². The highest BCUT2D eigenvalue weighted by molar-refractivity contribution is 5.92. The van der Waals surface area contributed by atoms with Gasteiger partial charge in [0.1, 0.15) is 12.4 Å². The number of aromatic nitrogens is 2. The second-order valence-corrected chi connectivity index (χ2v) is 8.74. The number of hydrogen-bond donors (Lipinski definition) is 2. The van der Waals surface area contributed by atoms with E-state index in [2.05, 4.69) is 10.6 Å². The Bertz CT molecular complexity index is 1560. The van der Waals surface area contributed by atoms with Gasteiger partial charge in [-0.05, 0) is 56.2 Å². The molecule has 9 heteroatoms. The highest BCUT2D eigenvalue weighted by Gasteiger charge is 2.16. The Labute approximate surface area is 212 Å². The molecular weight excluding hydrogens is 475 g/mol. The van der Waals surface area contributed by atoms with Crippen LogP contribution in [0.3, 0.4) is 0 Å². The van der Waals surface area contributed by atoms with Crippen LogP contribution in [-0.4, -0.2) is 20.9 Å². The molecule has 3 aromatic carbocycles. The summed E-state index contributed by atoms with van der Waals surface area (Å²) < 4.78 is 16.2. The average Bonchev–Trinajstić information content (AvgIpc) is 2.89. The van der Waals surface area contributed by atoms with Gasteiger partial charge in [0, 0.05) is 18.7 Å². The van der Waals surface area contributed by atoms with E-state index in [-0.39, 0.29) is 29.9 Å². The highest BCUT2D eigenvalue weighted by atomic mass is 19.1. The molecule has 4 aromatic rings. The molecule has 0 spiro atoms. The maximum atomic E-state index is 13.9. The number of fused-ring (bicyclic) bond motifs is 1. The molecule has 4 rings (SSSR count). The van der Waals surface area contributed by atoms with Crippen molar-refractivity contribution in [1.82, 2.24) is 9.13 Å². The molecule has 0 saturated heterocycles. The van der Waals surface area contributed by atoms with Crippen LogP contribution in [-0.2, 0) is 22.7 Å². The van der Waals surface area contributed by atoms with Gasteiger partial charge in [-0.15, -0.1) is 0 Å². The van der Waals surface area contributed by atoms with Crippen LogP contribution in [0.5, 0.6) is 0 Å². The third-order valence-corrected chi connectivity index (χ3v) is 5.95. The van der Waals surface area contributed by atoms with Crippen molar-refractivity contribution in [1.29, 1.82) is 0 Å². The summed E-state index contributed by atoms with van der Waals surface area (Å²) >= 11 is 0. The quantitative estimate of drug-likeness (QED) is 0.337. The fraction of sp³-hybridized carbons (Fsp3) is 0.214. The van der Waals surface area contributed by atoms with E-state index < -0.39 is 29.5 Å². The van der Waals surface area contributed by atoms with Crippen molar-refractivity contribution in [2.24, 2.45) is 0 Å². The minimum absolute atomic E-state index is 0.00194. The predicted molar refractivity (Wildman–Crippen MR) is 141 cm³/mol. The lowest BCUT2D eigenvalue weighted by Gasteiger charge is -2.14. The van der Waals surface area contributed by atoms with Crippen molar-refractivity contribution in [3.05, 3.63) is 105 Å². The topological polar surface area (TPSA) is 102 Å². The number of nitrogens with one attached hydrogen (secondary N) is 2. The molecule has 0 atom stereocenters. The smallest absolute Gasteiger partial charge is 0.326 e. The Morgan fingerprint density at radius 1 is 0.811 bits per heavy atom. The van der Waals surface area contributed by atoms with E-state index >= 15 is 0 Å². The van der Waals surface area contributed by atoms with Crippen molar-refractivity contribution in [2.45, 2.75) is 39.3 Å². The summed E-state index contributed by atoms with van der Waals surface area (Å²) in [5, 5.41) is 5.58. The van der Waals surface area contributed by atoms with Gasteiger partial charge in [0.15, 0.2) is 0 Å². The van der Waals surface area contributed by atoms with E-state index in [1.54, 1.807) is 30.3 Å². The largest absolute Gasteiger partial charge is 0.331 e. The summed E-state index contributed by atoms with van der Waals surface area (Å²) in [7, 11) is 0. The molecule has 1 heterocycles. The van der Waals surface area contributed by atoms with Gasteiger partial charge in [-0.2, -0.15) is 0 Å². The number of amides is 2. The third kappa shape index (κ3) is 6.19. The molecule has 1 aromatic heterocycles. The van der Waals surface area contributed by atoms with E-state index in [0.29, 0.717) is 24.0 Å². The van der Waals surface area contributed by atoms with Gasteiger partial charge in [-0.25, -0.2) is 9.18 Å². The SMILES string of the molecule is Cc1ccc(NC(=O)CCCCn2c(=O)c3ccccc3n(CC(=O)Nc3ccccc3F)c2=O)cc1. The average molecular weight is 503 g/mol.